The lowest BCUT2D eigenvalue weighted by Crippen LogP contribution is -2.40. The number of nitrogens with zero attached hydrogens (tertiary/aromatic N) is 1. The van der Waals surface area contributed by atoms with E-state index in [4.69, 9.17) is 9.47 Å². The molecule has 0 aliphatic rings. The van der Waals surface area contributed by atoms with E-state index in [-0.39, 0.29) is 12.5 Å². The van der Waals surface area contributed by atoms with E-state index in [2.05, 4.69) is 5.32 Å². The van der Waals surface area contributed by atoms with Crippen molar-refractivity contribution in [3.63, 3.8) is 0 Å². The van der Waals surface area contributed by atoms with Gasteiger partial charge in [0.1, 0.15) is 18.0 Å². The van der Waals surface area contributed by atoms with Crippen LogP contribution in [-0.4, -0.2) is 47.4 Å². The van der Waals surface area contributed by atoms with Crippen molar-refractivity contribution < 1.29 is 22.7 Å². The van der Waals surface area contributed by atoms with Crippen LogP contribution in [0.3, 0.4) is 0 Å². The van der Waals surface area contributed by atoms with Gasteiger partial charge in [-0.2, -0.15) is 0 Å². The Balaban J connectivity index is 1.90. The number of ether oxygens (including phenoxy) is 2. The van der Waals surface area contributed by atoms with Crippen LogP contribution in [-0.2, 0) is 21.2 Å². The number of benzene rings is 2. The van der Waals surface area contributed by atoms with Gasteiger partial charge >= 0.3 is 0 Å². The molecule has 0 atom stereocenters. The number of hydrogen-bond donors (Lipinski definition) is 1. The van der Waals surface area contributed by atoms with Gasteiger partial charge in [-0.25, -0.2) is 8.42 Å². The lowest BCUT2D eigenvalue weighted by Gasteiger charge is -2.22. The van der Waals surface area contributed by atoms with Gasteiger partial charge in [-0.3, -0.25) is 9.10 Å². The van der Waals surface area contributed by atoms with Crippen LogP contribution in [0.5, 0.6) is 11.5 Å². The first kappa shape index (κ1) is 22.5. The lowest BCUT2D eigenvalue weighted by atomic mass is 10.1. The molecule has 0 aliphatic carbocycles. The second kappa shape index (κ2) is 10.7. The third kappa shape index (κ3) is 7.30. The quantitative estimate of drug-likeness (QED) is 0.565. The van der Waals surface area contributed by atoms with Crippen molar-refractivity contribution in [2.45, 2.75) is 19.8 Å². The summed E-state index contributed by atoms with van der Waals surface area (Å²) in [6, 6.07) is 14.5. The minimum atomic E-state index is -3.62. The minimum Gasteiger partial charge on any atom is -0.497 e. The van der Waals surface area contributed by atoms with Crippen molar-refractivity contribution in [3.8, 4) is 11.5 Å². The maximum absolute atomic E-state index is 12.3. The standard InChI is InChI=1S/C21H28N2O5S/c1-4-28-20-9-5-8-18(15-20)23(29(3,25)26)16-21(24)22-14-6-7-17-10-12-19(27-2)13-11-17/h5,8-13,15H,4,6-7,14,16H2,1-3H3,(H,22,24). The van der Waals surface area contributed by atoms with E-state index < -0.39 is 10.0 Å². The van der Waals surface area contributed by atoms with Gasteiger partial charge in [-0.1, -0.05) is 18.2 Å². The first-order chi connectivity index (χ1) is 13.8. The van der Waals surface area contributed by atoms with Crippen molar-refractivity contribution in [2.24, 2.45) is 0 Å². The normalized spacial score (nSPS) is 11.0. The molecule has 0 aliphatic heterocycles. The van der Waals surface area contributed by atoms with Gasteiger partial charge in [-0.15, -0.1) is 0 Å². The van der Waals surface area contributed by atoms with Crippen molar-refractivity contribution in [1.29, 1.82) is 0 Å². The first-order valence-corrected chi connectivity index (χ1v) is 11.3. The van der Waals surface area contributed by atoms with Gasteiger partial charge in [-0.05, 0) is 49.6 Å². The highest BCUT2D eigenvalue weighted by molar-refractivity contribution is 7.92. The SMILES string of the molecule is CCOc1cccc(N(CC(=O)NCCCc2ccc(OC)cc2)S(C)(=O)=O)c1. The molecule has 1 amide bonds. The Morgan fingerprint density at radius 2 is 1.83 bits per heavy atom. The largest absolute Gasteiger partial charge is 0.497 e. The Morgan fingerprint density at radius 1 is 1.10 bits per heavy atom. The Kier molecular flexibility index (Phi) is 8.33. The minimum absolute atomic E-state index is 0.281. The zero-order chi connectivity index (χ0) is 21.3. The van der Waals surface area contributed by atoms with E-state index in [1.165, 1.54) is 0 Å². The highest BCUT2D eigenvalue weighted by Gasteiger charge is 2.21. The van der Waals surface area contributed by atoms with Crippen molar-refractivity contribution in [2.75, 3.05) is 37.4 Å². The van der Waals surface area contributed by atoms with Gasteiger partial charge < -0.3 is 14.8 Å². The molecule has 7 nitrogen and oxygen atoms in total. The van der Waals surface area contributed by atoms with Crippen LogP contribution >= 0.6 is 0 Å². The number of methoxy groups -OCH3 is 1. The summed E-state index contributed by atoms with van der Waals surface area (Å²) in [7, 11) is -2.00. The number of rotatable bonds is 11. The van der Waals surface area contributed by atoms with Crippen LogP contribution in [0.25, 0.3) is 0 Å². The summed E-state index contributed by atoms with van der Waals surface area (Å²) in [5, 5.41) is 2.79. The van der Waals surface area contributed by atoms with E-state index in [1.807, 2.05) is 31.2 Å². The van der Waals surface area contributed by atoms with Gasteiger partial charge in [0, 0.05) is 12.6 Å². The topological polar surface area (TPSA) is 84.9 Å². The Labute approximate surface area is 172 Å². The molecule has 29 heavy (non-hydrogen) atoms. The lowest BCUT2D eigenvalue weighted by molar-refractivity contribution is -0.119. The van der Waals surface area contributed by atoms with Crippen LogP contribution in [0, 0.1) is 0 Å². The average Bonchev–Trinajstić information content (AvgIpc) is 2.69. The molecule has 8 heteroatoms. The van der Waals surface area contributed by atoms with Gasteiger partial charge in [0.15, 0.2) is 0 Å². The van der Waals surface area contributed by atoms with Gasteiger partial charge in [0.05, 0.1) is 25.7 Å². The summed E-state index contributed by atoms with van der Waals surface area (Å²) in [4.78, 5) is 12.3. The molecule has 2 rings (SSSR count). The number of nitrogens with one attached hydrogen (secondary N) is 1. The molecule has 2 aromatic carbocycles. The molecule has 0 saturated heterocycles. The molecule has 1 N–H and O–H groups in total. The van der Waals surface area contributed by atoms with Crippen LogP contribution < -0.4 is 19.1 Å². The number of hydrogen-bond acceptors (Lipinski definition) is 5. The predicted molar refractivity (Wildman–Crippen MR) is 114 cm³/mol. The summed E-state index contributed by atoms with van der Waals surface area (Å²) < 4.78 is 36.0. The van der Waals surface area contributed by atoms with Crippen molar-refractivity contribution in [1.82, 2.24) is 5.32 Å². The predicted octanol–water partition coefficient (Wildman–Crippen LogP) is 2.61. The third-order valence-electron chi connectivity index (χ3n) is 4.23. The zero-order valence-electron chi connectivity index (χ0n) is 17.1. The molecule has 0 saturated carbocycles. The Bertz CT molecular complexity index is 898. The molecule has 0 heterocycles. The number of carbonyl (C=O) groups is 1. The monoisotopic (exact) mass is 420 g/mol. The maximum Gasteiger partial charge on any atom is 0.240 e. The number of anilines is 1. The van der Waals surface area contributed by atoms with Crippen LogP contribution in [0.4, 0.5) is 5.69 Å². The maximum atomic E-state index is 12.3. The molecule has 0 unspecified atom stereocenters. The van der Waals surface area contributed by atoms with E-state index in [0.29, 0.717) is 24.6 Å². The van der Waals surface area contributed by atoms with E-state index in [0.717, 1.165) is 34.7 Å². The fraction of sp³-hybridized carbons (Fsp3) is 0.381. The van der Waals surface area contributed by atoms with Gasteiger partial charge in [0.2, 0.25) is 15.9 Å². The number of amides is 1. The molecule has 0 spiro atoms. The Morgan fingerprint density at radius 3 is 2.45 bits per heavy atom. The number of sulfonamides is 1. The first-order valence-electron chi connectivity index (χ1n) is 9.43. The summed E-state index contributed by atoms with van der Waals surface area (Å²) in [6.45, 7) is 2.50. The third-order valence-corrected chi connectivity index (χ3v) is 5.37. The highest BCUT2D eigenvalue weighted by atomic mass is 32.2. The fourth-order valence-electron chi connectivity index (χ4n) is 2.79. The van der Waals surface area contributed by atoms with Crippen LogP contribution in [0.15, 0.2) is 48.5 Å². The number of carbonyl (C=O) groups excluding carboxylic acids is 1. The number of aryl methyl sites for hydroxylation is 1. The van der Waals surface area contributed by atoms with E-state index in [9.17, 15) is 13.2 Å². The molecule has 2 aromatic rings. The van der Waals surface area contributed by atoms with Crippen molar-refractivity contribution >= 4 is 21.6 Å². The smallest absolute Gasteiger partial charge is 0.240 e. The molecule has 158 valence electrons. The van der Waals surface area contributed by atoms with Crippen LogP contribution in [0.2, 0.25) is 0 Å². The highest BCUT2D eigenvalue weighted by Crippen LogP contribution is 2.23. The molecule has 0 fully saturated rings. The molecular weight excluding hydrogens is 392 g/mol. The second-order valence-corrected chi connectivity index (χ2v) is 8.41. The Hall–Kier alpha value is -2.74. The summed E-state index contributed by atoms with van der Waals surface area (Å²) in [6.07, 6.45) is 2.63. The van der Waals surface area contributed by atoms with E-state index >= 15 is 0 Å². The average molecular weight is 421 g/mol. The molecule has 0 bridgehead atoms. The molecular formula is C21H28N2O5S. The van der Waals surface area contributed by atoms with E-state index in [1.54, 1.807) is 31.4 Å². The van der Waals surface area contributed by atoms with Crippen molar-refractivity contribution in [3.05, 3.63) is 54.1 Å². The summed E-state index contributed by atoms with van der Waals surface area (Å²) >= 11 is 0. The molecule has 0 radical (unpaired) electrons. The summed E-state index contributed by atoms with van der Waals surface area (Å²) in [5.41, 5.74) is 1.54. The second-order valence-electron chi connectivity index (χ2n) is 6.50. The fourth-order valence-corrected chi connectivity index (χ4v) is 3.64. The molecule has 0 aromatic heterocycles. The van der Waals surface area contributed by atoms with Gasteiger partial charge in [0.25, 0.3) is 0 Å². The zero-order valence-corrected chi connectivity index (χ0v) is 17.9. The van der Waals surface area contributed by atoms with Crippen LogP contribution in [0.1, 0.15) is 18.9 Å². The summed E-state index contributed by atoms with van der Waals surface area (Å²) in [5.74, 6) is 1.00.